The zero-order valence-corrected chi connectivity index (χ0v) is 14.8. The summed E-state index contributed by atoms with van der Waals surface area (Å²) < 4.78 is 33.2. The summed E-state index contributed by atoms with van der Waals surface area (Å²) in [7, 11) is 1.66. The van der Waals surface area contributed by atoms with Crippen LogP contribution >= 0.6 is 0 Å². The van der Waals surface area contributed by atoms with E-state index in [4.69, 9.17) is 4.74 Å². The lowest BCUT2D eigenvalue weighted by Gasteiger charge is -2.36. The summed E-state index contributed by atoms with van der Waals surface area (Å²) in [5.41, 5.74) is 0. The van der Waals surface area contributed by atoms with Gasteiger partial charge in [-0.2, -0.15) is 17.0 Å². The molecule has 0 aromatic rings. The Balaban J connectivity index is 1.67. The Morgan fingerprint density at radius 1 is 1.13 bits per heavy atom. The predicted octanol–water partition coefficient (Wildman–Crippen LogP) is -1.34. The van der Waals surface area contributed by atoms with E-state index in [1.54, 1.807) is 0 Å². The van der Waals surface area contributed by atoms with E-state index in [0.717, 1.165) is 26.2 Å². The number of carbonyl (C=O) groups excluding carboxylic acids is 1. The monoisotopic (exact) mass is 346 g/mol. The topological polar surface area (TPSA) is 73.4 Å². The minimum atomic E-state index is -3.45. The van der Waals surface area contributed by atoms with Crippen LogP contribution in [0.3, 0.4) is 0 Å². The number of amides is 1. The maximum atomic E-state index is 12.8. The first-order valence-electron chi connectivity index (χ1n) is 8.09. The molecule has 132 valence electrons. The molecule has 3 rings (SSSR count). The van der Waals surface area contributed by atoms with Crippen molar-refractivity contribution in [2.75, 3.05) is 60.4 Å². The van der Waals surface area contributed by atoms with Crippen LogP contribution in [-0.2, 0) is 19.7 Å². The largest absolute Gasteiger partial charge is 0.371 e. The van der Waals surface area contributed by atoms with Crippen LogP contribution in [0.15, 0.2) is 0 Å². The van der Waals surface area contributed by atoms with Crippen LogP contribution < -0.4 is 0 Å². The van der Waals surface area contributed by atoms with Gasteiger partial charge in [-0.25, -0.2) is 0 Å². The predicted molar refractivity (Wildman–Crippen MR) is 85.0 cm³/mol. The molecule has 3 fully saturated rings. The van der Waals surface area contributed by atoms with Crippen molar-refractivity contribution in [3.05, 3.63) is 0 Å². The van der Waals surface area contributed by atoms with Crippen LogP contribution in [0.4, 0.5) is 0 Å². The maximum Gasteiger partial charge on any atom is 0.281 e. The lowest BCUT2D eigenvalue weighted by Crippen LogP contribution is -2.53. The Morgan fingerprint density at radius 3 is 2.39 bits per heavy atom. The molecule has 3 unspecified atom stereocenters. The van der Waals surface area contributed by atoms with Gasteiger partial charge in [0.2, 0.25) is 5.91 Å². The van der Waals surface area contributed by atoms with Crippen LogP contribution in [-0.4, -0.2) is 105 Å². The SMILES string of the molecule is CN1CCN(C(=O)C2CC3CN(S(=O)(=O)N(C)C)CC2O3)CC1. The first kappa shape index (κ1) is 17.1. The number of hydrogen-bond acceptors (Lipinski definition) is 5. The molecule has 0 aromatic carbocycles. The average Bonchev–Trinajstić information content (AvgIpc) is 2.81. The Kier molecular flexibility index (Phi) is 4.67. The molecular weight excluding hydrogens is 320 g/mol. The van der Waals surface area contributed by atoms with Gasteiger partial charge in [0.05, 0.1) is 18.1 Å². The van der Waals surface area contributed by atoms with Crippen molar-refractivity contribution in [2.24, 2.45) is 5.92 Å². The van der Waals surface area contributed by atoms with Gasteiger partial charge in [0.25, 0.3) is 10.2 Å². The average molecular weight is 346 g/mol. The van der Waals surface area contributed by atoms with E-state index in [2.05, 4.69) is 11.9 Å². The molecular formula is C14H26N4O4S. The summed E-state index contributed by atoms with van der Waals surface area (Å²) in [4.78, 5) is 16.9. The summed E-state index contributed by atoms with van der Waals surface area (Å²) in [6.45, 7) is 3.85. The summed E-state index contributed by atoms with van der Waals surface area (Å²) in [6, 6.07) is 0. The van der Waals surface area contributed by atoms with Crippen LogP contribution in [0.2, 0.25) is 0 Å². The van der Waals surface area contributed by atoms with Gasteiger partial charge < -0.3 is 14.5 Å². The Morgan fingerprint density at radius 2 is 1.78 bits per heavy atom. The minimum Gasteiger partial charge on any atom is -0.371 e. The van der Waals surface area contributed by atoms with E-state index in [1.165, 1.54) is 22.7 Å². The summed E-state index contributed by atoms with van der Waals surface area (Å²) in [5.74, 6) is -0.0968. The molecule has 3 aliphatic heterocycles. The fourth-order valence-corrected chi connectivity index (χ4v) is 4.72. The van der Waals surface area contributed by atoms with Gasteiger partial charge in [0, 0.05) is 53.4 Å². The molecule has 0 spiro atoms. The van der Waals surface area contributed by atoms with Crippen molar-refractivity contribution >= 4 is 16.1 Å². The fraction of sp³-hybridized carbons (Fsp3) is 0.929. The number of fused-ring (bicyclic) bond motifs is 2. The molecule has 0 aromatic heterocycles. The lowest BCUT2D eigenvalue weighted by molar-refractivity contribution is -0.139. The van der Waals surface area contributed by atoms with Crippen molar-refractivity contribution < 1.29 is 17.9 Å². The third kappa shape index (κ3) is 3.25. The van der Waals surface area contributed by atoms with Crippen LogP contribution in [0.1, 0.15) is 6.42 Å². The quantitative estimate of drug-likeness (QED) is 0.632. The van der Waals surface area contributed by atoms with Gasteiger partial charge in [-0.1, -0.05) is 0 Å². The van der Waals surface area contributed by atoms with E-state index in [9.17, 15) is 13.2 Å². The van der Waals surface area contributed by atoms with Gasteiger partial charge in [-0.15, -0.1) is 0 Å². The van der Waals surface area contributed by atoms with Crippen molar-refractivity contribution in [1.29, 1.82) is 0 Å². The second-order valence-corrected chi connectivity index (χ2v) is 9.02. The van der Waals surface area contributed by atoms with Crippen molar-refractivity contribution in [3.63, 3.8) is 0 Å². The molecule has 23 heavy (non-hydrogen) atoms. The molecule has 0 N–H and O–H groups in total. The van der Waals surface area contributed by atoms with Gasteiger partial charge in [-0.05, 0) is 13.5 Å². The smallest absolute Gasteiger partial charge is 0.281 e. The molecule has 8 nitrogen and oxygen atoms in total. The second kappa shape index (κ2) is 6.29. The highest BCUT2D eigenvalue weighted by molar-refractivity contribution is 7.86. The first-order chi connectivity index (χ1) is 10.8. The number of likely N-dealkylation sites (N-methyl/N-ethyl adjacent to an activating group) is 1. The van der Waals surface area contributed by atoms with Gasteiger partial charge >= 0.3 is 0 Å². The Bertz CT molecular complexity index is 559. The molecule has 3 heterocycles. The molecule has 9 heteroatoms. The van der Waals surface area contributed by atoms with Gasteiger partial charge in [-0.3, -0.25) is 4.79 Å². The molecule has 0 saturated carbocycles. The zero-order valence-electron chi connectivity index (χ0n) is 14.0. The van der Waals surface area contributed by atoms with E-state index < -0.39 is 10.2 Å². The van der Waals surface area contributed by atoms with Crippen LogP contribution in [0, 0.1) is 5.92 Å². The number of carbonyl (C=O) groups is 1. The number of hydrogen-bond donors (Lipinski definition) is 0. The van der Waals surface area contributed by atoms with Gasteiger partial charge in [0.1, 0.15) is 0 Å². The summed E-state index contributed by atoms with van der Waals surface area (Å²) >= 11 is 0. The Hall–Kier alpha value is -0.740. The number of rotatable bonds is 3. The normalized spacial score (nSPS) is 33.4. The third-order valence-corrected chi connectivity index (χ3v) is 6.92. The fourth-order valence-electron chi connectivity index (χ4n) is 3.56. The van der Waals surface area contributed by atoms with Crippen LogP contribution in [0.5, 0.6) is 0 Å². The summed E-state index contributed by atoms with van der Waals surface area (Å²) in [5, 5.41) is 0. The highest BCUT2D eigenvalue weighted by Gasteiger charge is 2.48. The van der Waals surface area contributed by atoms with E-state index in [1.807, 2.05) is 4.90 Å². The van der Waals surface area contributed by atoms with Gasteiger partial charge in [0.15, 0.2) is 0 Å². The molecule has 1 amide bonds. The lowest BCUT2D eigenvalue weighted by atomic mass is 9.98. The standard InChI is InChI=1S/C14H26N4O4S/c1-15(2)23(20,21)18-9-11-8-12(13(10-18)22-11)14(19)17-6-4-16(3)5-7-17/h11-13H,4-10H2,1-3H3. The molecule has 0 aliphatic carbocycles. The molecule has 2 bridgehead atoms. The molecule has 3 aliphatic rings. The number of piperazine rings is 1. The molecule has 3 saturated heterocycles. The second-order valence-electron chi connectivity index (χ2n) is 6.87. The van der Waals surface area contributed by atoms with E-state index in [-0.39, 0.29) is 30.6 Å². The third-order valence-electron chi connectivity index (χ3n) is 5.04. The minimum absolute atomic E-state index is 0.120. The first-order valence-corrected chi connectivity index (χ1v) is 9.49. The van der Waals surface area contributed by atoms with Crippen molar-refractivity contribution in [2.45, 2.75) is 18.6 Å². The number of morpholine rings is 1. The number of nitrogens with zero attached hydrogens (tertiary/aromatic N) is 4. The van der Waals surface area contributed by atoms with E-state index in [0.29, 0.717) is 13.0 Å². The molecule has 0 radical (unpaired) electrons. The molecule has 3 atom stereocenters. The number of ether oxygens (including phenoxy) is 1. The van der Waals surface area contributed by atoms with Crippen molar-refractivity contribution in [3.8, 4) is 0 Å². The highest BCUT2D eigenvalue weighted by Crippen LogP contribution is 2.34. The van der Waals surface area contributed by atoms with E-state index >= 15 is 0 Å². The zero-order chi connectivity index (χ0) is 16.8. The maximum absolute atomic E-state index is 12.8. The highest BCUT2D eigenvalue weighted by atomic mass is 32.2. The summed E-state index contributed by atoms with van der Waals surface area (Å²) in [6.07, 6.45) is 0.121. The van der Waals surface area contributed by atoms with Crippen molar-refractivity contribution in [1.82, 2.24) is 18.4 Å². The Labute approximate surface area is 138 Å². The van der Waals surface area contributed by atoms with Crippen LogP contribution in [0.25, 0.3) is 0 Å².